The topological polar surface area (TPSA) is 119 Å². The molecule has 0 aliphatic carbocycles. The summed E-state index contributed by atoms with van der Waals surface area (Å²) in [6.07, 6.45) is 2.37. The molecule has 0 atom stereocenters. The van der Waals surface area contributed by atoms with Gasteiger partial charge in [-0.05, 0) is 43.7 Å². The number of sulfonamides is 1. The highest BCUT2D eigenvalue weighted by Gasteiger charge is 2.16. The first-order chi connectivity index (χ1) is 13.2. The Hall–Kier alpha value is -2.36. The molecule has 0 saturated carbocycles. The molecule has 0 spiro atoms. The van der Waals surface area contributed by atoms with E-state index in [1.54, 1.807) is 25.5 Å². The molecule has 0 unspecified atom stereocenters. The number of rotatable bonds is 9. The van der Waals surface area contributed by atoms with Crippen molar-refractivity contribution in [3.63, 3.8) is 0 Å². The maximum Gasteiger partial charge on any atom is 0.238 e. The molecule has 0 radical (unpaired) electrons. The molecule has 2 rings (SSSR count). The lowest BCUT2D eigenvalue weighted by Crippen LogP contribution is -2.45. The van der Waals surface area contributed by atoms with Gasteiger partial charge in [-0.15, -0.1) is 0 Å². The van der Waals surface area contributed by atoms with Crippen LogP contribution in [0.2, 0.25) is 0 Å². The summed E-state index contributed by atoms with van der Waals surface area (Å²) in [5.74, 6) is 1.52. The van der Waals surface area contributed by atoms with Gasteiger partial charge in [0.2, 0.25) is 10.0 Å². The van der Waals surface area contributed by atoms with Gasteiger partial charge < -0.3 is 19.8 Å². The molecule has 0 fully saturated rings. The summed E-state index contributed by atoms with van der Waals surface area (Å²) < 4.78 is 33.5. The van der Waals surface area contributed by atoms with Crippen molar-refractivity contribution < 1.29 is 17.6 Å². The molecule has 0 saturated heterocycles. The van der Waals surface area contributed by atoms with Crippen molar-refractivity contribution in [3.8, 4) is 0 Å². The zero-order valence-corrected chi connectivity index (χ0v) is 17.3. The van der Waals surface area contributed by atoms with Gasteiger partial charge in [0.05, 0.1) is 23.3 Å². The van der Waals surface area contributed by atoms with Crippen LogP contribution < -0.4 is 15.8 Å². The number of primary sulfonamides is 1. The summed E-state index contributed by atoms with van der Waals surface area (Å²) in [4.78, 5) is 4.65. The smallest absolute Gasteiger partial charge is 0.238 e. The van der Waals surface area contributed by atoms with Crippen LogP contribution in [0.15, 0.2) is 57.0 Å². The number of benzene rings is 1. The molecule has 2 aromatic rings. The Morgan fingerprint density at radius 2 is 1.93 bits per heavy atom. The average molecular weight is 409 g/mol. The number of nitrogens with zero attached hydrogens (tertiary/aromatic N) is 1. The molecule has 1 aromatic heterocycles. The SMILES string of the molecule is COC(C)(C)CNC(=NCc1ccc(S(N)(=O)=O)cc1)NCCc1ccco1. The number of hydrogen-bond donors (Lipinski definition) is 3. The minimum atomic E-state index is -3.70. The van der Waals surface area contributed by atoms with Gasteiger partial charge in [-0.1, -0.05) is 12.1 Å². The van der Waals surface area contributed by atoms with E-state index in [9.17, 15) is 8.42 Å². The molecule has 28 heavy (non-hydrogen) atoms. The molecular weight excluding hydrogens is 380 g/mol. The van der Waals surface area contributed by atoms with E-state index >= 15 is 0 Å². The van der Waals surface area contributed by atoms with E-state index in [-0.39, 0.29) is 10.5 Å². The van der Waals surface area contributed by atoms with Crippen LogP contribution >= 0.6 is 0 Å². The molecule has 0 aliphatic rings. The molecule has 0 aliphatic heterocycles. The number of methoxy groups -OCH3 is 1. The third-order valence-corrected chi connectivity index (χ3v) is 5.08. The number of guanidine groups is 1. The Morgan fingerprint density at radius 1 is 1.21 bits per heavy atom. The summed E-state index contributed by atoms with van der Waals surface area (Å²) in [6, 6.07) is 10.1. The fraction of sp³-hybridized carbons (Fsp3) is 0.421. The predicted octanol–water partition coefficient (Wildman–Crippen LogP) is 1.63. The first kappa shape index (κ1) is 21.9. The number of ether oxygens (including phenoxy) is 1. The van der Waals surface area contributed by atoms with Crippen LogP contribution in [0.25, 0.3) is 0 Å². The normalized spacial score (nSPS) is 12.8. The van der Waals surface area contributed by atoms with Gasteiger partial charge in [0.15, 0.2) is 5.96 Å². The molecule has 4 N–H and O–H groups in total. The van der Waals surface area contributed by atoms with Crippen LogP contribution in [0.1, 0.15) is 25.2 Å². The van der Waals surface area contributed by atoms with Crippen molar-refractivity contribution in [3.05, 3.63) is 54.0 Å². The van der Waals surface area contributed by atoms with E-state index in [4.69, 9.17) is 14.3 Å². The van der Waals surface area contributed by atoms with Crippen molar-refractivity contribution >= 4 is 16.0 Å². The van der Waals surface area contributed by atoms with Crippen LogP contribution in [0, 0.1) is 0 Å². The first-order valence-electron chi connectivity index (χ1n) is 8.91. The molecule has 0 amide bonds. The van der Waals surface area contributed by atoms with Gasteiger partial charge in [-0.3, -0.25) is 0 Å². The largest absolute Gasteiger partial charge is 0.469 e. The maximum atomic E-state index is 11.3. The summed E-state index contributed by atoms with van der Waals surface area (Å²) >= 11 is 0. The molecule has 9 heteroatoms. The van der Waals surface area contributed by atoms with Gasteiger partial charge in [-0.25, -0.2) is 18.5 Å². The maximum absolute atomic E-state index is 11.3. The van der Waals surface area contributed by atoms with Gasteiger partial charge >= 0.3 is 0 Å². The summed E-state index contributed by atoms with van der Waals surface area (Å²) in [7, 11) is -2.03. The van der Waals surface area contributed by atoms with Crippen molar-refractivity contribution in [2.75, 3.05) is 20.2 Å². The Morgan fingerprint density at radius 3 is 2.50 bits per heavy atom. The van der Waals surface area contributed by atoms with Crippen molar-refractivity contribution in [2.45, 2.75) is 37.3 Å². The van der Waals surface area contributed by atoms with E-state index in [1.165, 1.54) is 12.1 Å². The van der Waals surface area contributed by atoms with E-state index in [2.05, 4.69) is 15.6 Å². The Bertz CT molecular complexity index is 860. The zero-order valence-electron chi connectivity index (χ0n) is 16.4. The minimum absolute atomic E-state index is 0.0806. The second-order valence-corrected chi connectivity index (χ2v) is 8.49. The number of aliphatic imine (C=N–C) groups is 1. The molecule has 0 bridgehead atoms. The molecule has 1 heterocycles. The lowest BCUT2D eigenvalue weighted by Gasteiger charge is -2.24. The van der Waals surface area contributed by atoms with Crippen LogP contribution in [-0.4, -0.2) is 40.2 Å². The van der Waals surface area contributed by atoms with Gasteiger partial charge in [0.25, 0.3) is 0 Å². The minimum Gasteiger partial charge on any atom is -0.469 e. The van der Waals surface area contributed by atoms with Gasteiger partial charge in [0.1, 0.15) is 5.76 Å². The first-order valence-corrected chi connectivity index (χ1v) is 10.5. The summed E-state index contributed by atoms with van der Waals surface area (Å²) in [5, 5.41) is 11.7. The molecule has 1 aromatic carbocycles. The average Bonchev–Trinajstić information content (AvgIpc) is 3.16. The van der Waals surface area contributed by atoms with E-state index in [0.29, 0.717) is 25.6 Å². The summed E-state index contributed by atoms with van der Waals surface area (Å²) in [5.41, 5.74) is 0.520. The highest BCUT2D eigenvalue weighted by Crippen LogP contribution is 2.10. The van der Waals surface area contributed by atoms with Crippen LogP contribution in [0.5, 0.6) is 0 Å². The lowest BCUT2D eigenvalue weighted by atomic mass is 10.1. The van der Waals surface area contributed by atoms with E-state index in [0.717, 1.165) is 17.7 Å². The predicted molar refractivity (Wildman–Crippen MR) is 108 cm³/mol. The van der Waals surface area contributed by atoms with E-state index in [1.807, 2.05) is 26.0 Å². The van der Waals surface area contributed by atoms with Gasteiger partial charge in [0, 0.05) is 26.6 Å². The highest BCUT2D eigenvalue weighted by molar-refractivity contribution is 7.89. The Labute approximate surface area is 166 Å². The van der Waals surface area contributed by atoms with Crippen LogP contribution in [0.3, 0.4) is 0 Å². The number of furan rings is 1. The van der Waals surface area contributed by atoms with Crippen LogP contribution in [-0.2, 0) is 27.7 Å². The quantitative estimate of drug-likeness (QED) is 0.429. The second kappa shape index (κ2) is 9.72. The van der Waals surface area contributed by atoms with Crippen LogP contribution in [0.4, 0.5) is 0 Å². The molecule has 8 nitrogen and oxygen atoms in total. The number of hydrogen-bond acceptors (Lipinski definition) is 5. The Kier molecular flexibility index (Phi) is 7.61. The van der Waals surface area contributed by atoms with Crippen molar-refractivity contribution in [1.82, 2.24) is 10.6 Å². The monoisotopic (exact) mass is 408 g/mol. The number of nitrogens with one attached hydrogen (secondary N) is 2. The number of nitrogens with two attached hydrogens (primary N) is 1. The van der Waals surface area contributed by atoms with E-state index < -0.39 is 10.0 Å². The third-order valence-electron chi connectivity index (χ3n) is 4.15. The second-order valence-electron chi connectivity index (χ2n) is 6.93. The Balaban J connectivity index is 2.01. The molecule has 154 valence electrons. The third kappa shape index (κ3) is 7.34. The van der Waals surface area contributed by atoms with Gasteiger partial charge in [-0.2, -0.15) is 0 Å². The summed E-state index contributed by atoms with van der Waals surface area (Å²) in [6.45, 7) is 5.56. The fourth-order valence-corrected chi connectivity index (χ4v) is 2.77. The molecular formula is C19H28N4O4S. The zero-order chi connectivity index (χ0) is 20.6. The van der Waals surface area contributed by atoms with Crippen molar-refractivity contribution in [2.24, 2.45) is 10.1 Å². The van der Waals surface area contributed by atoms with Crippen molar-refractivity contribution in [1.29, 1.82) is 0 Å². The highest BCUT2D eigenvalue weighted by atomic mass is 32.2. The standard InChI is InChI=1S/C19H28N4O4S/c1-19(2,26-3)14-23-18(21-11-10-16-5-4-12-27-16)22-13-15-6-8-17(9-7-15)28(20,24)25/h4-9,12H,10-11,13-14H2,1-3H3,(H2,20,24,25)(H2,21,22,23). The lowest BCUT2D eigenvalue weighted by molar-refractivity contribution is 0.0268. The fourth-order valence-electron chi connectivity index (χ4n) is 2.26.